The maximum Gasteiger partial charge on any atom is 0.247 e. The highest BCUT2D eigenvalue weighted by molar-refractivity contribution is 5.54. The molecule has 0 bridgehead atoms. The minimum absolute atomic E-state index is 0.0535. The predicted molar refractivity (Wildman–Crippen MR) is 92.4 cm³/mol. The van der Waals surface area contributed by atoms with E-state index in [-0.39, 0.29) is 6.04 Å². The molecule has 0 amide bonds. The number of nitrogens with one attached hydrogen (secondary N) is 1. The molecule has 1 N–H and O–H groups in total. The van der Waals surface area contributed by atoms with Crippen LogP contribution in [0.15, 0.2) is 46.9 Å². The quantitative estimate of drug-likeness (QED) is 0.749. The van der Waals surface area contributed by atoms with E-state index in [0.717, 1.165) is 11.3 Å². The third-order valence-corrected chi connectivity index (χ3v) is 3.87. The summed E-state index contributed by atoms with van der Waals surface area (Å²) in [5.74, 6) is 1.14. The third-order valence-electron chi connectivity index (χ3n) is 3.87. The standard InChI is InChI=1S/C19H21N3O/c1-12-6-9-16(10-7-12)19-22-21-18(23-19)15(4)20-17-11-13(2)5-8-14(17)3/h5-11,15,20H,1-4H3/t15-/m0/s1. The topological polar surface area (TPSA) is 51.0 Å². The number of benzene rings is 2. The first-order valence-electron chi connectivity index (χ1n) is 7.77. The molecule has 0 saturated heterocycles. The number of rotatable bonds is 4. The Kier molecular flexibility index (Phi) is 4.15. The first-order chi connectivity index (χ1) is 11.0. The molecule has 0 aliphatic carbocycles. The van der Waals surface area contributed by atoms with Gasteiger partial charge in [-0.05, 0) is 57.0 Å². The molecule has 0 radical (unpaired) electrons. The molecule has 0 fully saturated rings. The van der Waals surface area contributed by atoms with Gasteiger partial charge in [0.15, 0.2) is 0 Å². The molecule has 1 aromatic heterocycles. The summed E-state index contributed by atoms with van der Waals surface area (Å²) in [6.45, 7) is 8.24. The second kappa shape index (κ2) is 6.24. The van der Waals surface area contributed by atoms with E-state index >= 15 is 0 Å². The van der Waals surface area contributed by atoms with Crippen molar-refractivity contribution in [1.82, 2.24) is 10.2 Å². The lowest BCUT2D eigenvalue weighted by atomic mass is 10.1. The van der Waals surface area contributed by atoms with Crippen LogP contribution in [0.3, 0.4) is 0 Å². The van der Waals surface area contributed by atoms with Crippen LogP contribution in [0.4, 0.5) is 5.69 Å². The first-order valence-corrected chi connectivity index (χ1v) is 7.77. The molecule has 3 rings (SSSR count). The Bertz CT molecular complexity index is 806. The molecule has 0 unspecified atom stereocenters. The van der Waals surface area contributed by atoms with Crippen LogP contribution in [-0.4, -0.2) is 10.2 Å². The average Bonchev–Trinajstić information content (AvgIpc) is 3.02. The second-order valence-electron chi connectivity index (χ2n) is 6.00. The molecule has 0 spiro atoms. The molecule has 0 aliphatic rings. The van der Waals surface area contributed by atoms with Gasteiger partial charge in [0.2, 0.25) is 11.8 Å². The summed E-state index contributed by atoms with van der Waals surface area (Å²) in [5, 5.41) is 11.8. The second-order valence-corrected chi connectivity index (χ2v) is 6.00. The Morgan fingerprint density at radius 3 is 2.35 bits per heavy atom. The van der Waals surface area contributed by atoms with E-state index in [1.54, 1.807) is 0 Å². The molecule has 118 valence electrons. The lowest BCUT2D eigenvalue weighted by Crippen LogP contribution is -2.08. The van der Waals surface area contributed by atoms with E-state index < -0.39 is 0 Å². The molecular formula is C19H21N3O. The zero-order valence-corrected chi connectivity index (χ0v) is 13.9. The summed E-state index contributed by atoms with van der Waals surface area (Å²) < 4.78 is 5.83. The maximum absolute atomic E-state index is 5.83. The maximum atomic E-state index is 5.83. The van der Waals surface area contributed by atoms with Crippen molar-refractivity contribution in [2.75, 3.05) is 5.32 Å². The highest BCUT2D eigenvalue weighted by Gasteiger charge is 2.15. The summed E-state index contributed by atoms with van der Waals surface area (Å²) in [4.78, 5) is 0. The summed E-state index contributed by atoms with van der Waals surface area (Å²) in [6, 6.07) is 14.4. The van der Waals surface area contributed by atoms with Crippen molar-refractivity contribution in [1.29, 1.82) is 0 Å². The van der Waals surface area contributed by atoms with Gasteiger partial charge in [-0.3, -0.25) is 0 Å². The van der Waals surface area contributed by atoms with Gasteiger partial charge in [0, 0.05) is 11.3 Å². The Labute approximate surface area is 136 Å². The molecule has 0 saturated carbocycles. The first kappa shape index (κ1) is 15.3. The summed E-state index contributed by atoms with van der Waals surface area (Å²) in [6.07, 6.45) is 0. The molecular weight excluding hydrogens is 286 g/mol. The SMILES string of the molecule is Cc1ccc(-c2nnc([C@H](C)Nc3cc(C)ccc3C)o2)cc1. The van der Waals surface area contributed by atoms with Gasteiger partial charge in [-0.25, -0.2) is 0 Å². The summed E-state index contributed by atoms with van der Waals surface area (Å²) >= 11 is 0. The fourth-order valence-corrected chi connectivity index (χ4v) is 2.41. The normalized spacial score (nSPS) is 12.2. The number of nitrogens with zero attached hydrogens (tertiary/aromatic N) is 2. The average molecular weight is 307 g/mol. The van der Waals surface area contributed by atoms with Crippen molar-refractivity contribution < 1.29 is 4.42 Å². The summed E-state index contributed by atoms with van der Waals surface area (Å²) in [7, 11) is 0. The summed E-state index contributed by atoms with van der Waals surface area (Å²) in [5.41, 5.74) is 5.65. The van der Waals surface area contributed by atoms with Gasteiger partial charge >= 0.3 is 0 Å². The minimum atomic E-state index is -0.0535. The predicted octanol–water partition coefficient (Wildman–Crippen LogP) is 4.83. The lowest BCUT2D eigenvalue weighted by Gasteiger charge is -2.14. The van der Waals surface area contributed by atoms with Crippen LogP contribution in [-0.2, 0) is 0 Å². The zero-order valence-electron chi connectivity index (χ0n) is 13.9. The van der Waals surface area contributed by atoms with E-state index in [2.05, 4.69) is 54.5 Å². The monoisotopic (exact) mass is 307 g/mol. The van der Waals surface area contributed by atoms with Crippen LogP contribution < -0.4 is 5.32 Å². The van der Waals surface area contributed by atoms with Crippen molar-refractivity contribution in [3.63, 3.8) is 0 Å². The van der Waals surface area contributed by atoms with Crippen LogP contribution in [0, 0.1) is 20.8 Å². The molecule has 1 atom stereocenters. The van der Waals surface area contributed by atoms with E-state index in [0.29, 0.717) is 11.8 Å². The Morgan fingerprint density at radius 2 is 1.61 bits per heavy atom. The van der Waals surface area contributed by atoms with Crippen molar-refractivity contribution >= 4 is 5.69 Å². The van der Waals surface area contributed by atoms with Crippen molar-refractivity contribution in [2.24, 2.45) is 0 Å². The van der Waals surface area contributed by atoms with Crippen LogP contribution >= 0.6 is 0 Å². The molecule has 2 aromatic carbocycles. The lowest BCUT2D eigenvalue weighted by molar-refractivity contribution is 0.485. The van der Waals surface area contributed by atoms with Crippen molar-refractivity contribution in [3.05, 3.63) is 65.0 Å². The molecule has 3 aromatic rings. The molecule has 23 heavy (non-hydrogen) atoms. The van der Waals surface area contributed by atoms with Crippen molar-refractivity contribution in [2.45, 2.75) is 33.7 Å². The van der Waals surface area contributed by atoms with Gasteiger partial charge in [-0.2, -0.15) is 0 Å². The highest BCUT2D eigenvalue weighted by Crippen LogP contribution is 2.25. The van der Waals surface area contributed by atoms with Crippen LogP contribution in [0.2, 0.25) is 0 Å². The van der Waals surface area contributed by atoms with Gasteiger partial charge in [0.25, 0.3) is 0 Å². The van der Waals surface area contributed by atoms with Gasteiger partial charge < -0.3 is 9.73 Å². The van der Waals surface area contributed by atoms with Crippen molar-refractivity contribution in [3.8, 4) is 11.5 Å². The molecule has 0 aliphatic heterocycles. The van der Waals surface area contributed by atoms with E-state index in [1.807, 2.05) is 31.2 Å². The fraction of sp³-hybridized carbons (Fsp3) is 0.263. The smallest absolute Gasteiger partial charge is 0.247 e. The Balaban J connectivity index is 1.79. The largest absolute Gasteiger partial charge is 0.418 e. The van der Waals surface area contributed by atoms with Gasteiger partial charge in [-0.1, -0.05) is 29.8 Å². The number of hydrogen-bond donors (Lipinski definition) is 1. The van der Waals surface area contributed by atoms with Gasteiger partial charge in [0.1, 0.15) is 6.04 Å². The van der Waals surface area contributed by atoms with Crippen LogP contribution in [0.1, 0.15) is 35.5 Å². The number of aryl methyl sites for hydroxylation is 3. The van der Waals surface area contributed by atoms with Crippen LogP contribution in [0.25, 0.3) is 11.5 Å². The number of hydrogen-bond acceptors (Lipinski definition) is 4. The number of anilines is 1. The van der Waals surface area contributed by atoms with Crippen LogP contribution in [0.5, 0.6) is 0 Å². The third kappa shape index (κ3) is 3.42. The zero-order chi connectivity index (χ0) is 16.4. The minimum Gasteiger partial charge on any atom is -0.418 e. The van der Waals surface area contributed by atoms with E-state index in [1.165, 1.54) is 16.7 Å². The molecule has 4 nitrogen and oxygen atoms in total. The highest BCUT2D eigenvalue weighted by atomic mass is 16.4. The molecule has 1 heterocycles. The van der Waals surface area contributed by atoms with E-state index in [4.69, 9.17) is 4.42 Å². The Morgan fingerprint density at radius 1 is 0.913 bits per heavy atom. The molecule has 4 heteroatoms. The fourth-order valence-electron chi connectivity index (χ4n) is 2.41. The Hall–Kier alpha value is -2.62. The van der Waals surface area contributed by atoms with E-state index in [9.17, 15) is 0 Å². The number of aromatic nitrogens is 2. The van der Waals surface area contributed by atoms with Gasteiger partial charge in [0.05, 0.1) is 0 Å². The van der Waals surface area contributed by atoms with Gasteiger partial charge in [-0.15, -0.1) is 10.2 Å².